The first-order valence-corrected chi connectivity index (χ1v) is 8.07. The Bertz CT molecular complexity index is 1000. The van der Waals surface area contributed by atoms with Crippen molar-refractivity contribution in [3.8, 4) is 6.07 Å². The number of rotatable bonds is 3. The van der Waals surface area contributed by atoms with Gasteiger partial charge in [-0.05, 0) is 47.4 Å². The first-order valence-electron chi connectivity index (χ1n) is 8.07. The van der Waals surface area contributed by atoms with Gasteiger partial charge in [-0.15, -0.1) is 0 Å². The summed E-state index contributed by atoms with van der Waals surface area (Å²) in [6.07, 6.45) is 1.64. The molecule has 3 nitrogen and oxygen atoms in total. The Morgan fingerprint density at radius 1 is 0.960 bits per heavy atom. The van der Waals surface area contributed by atoms with Crippen molar-refractivity contribution in [2.75, 3.05) is 5.32 Å². The van der Waals surface area contributed by atoms with Crippen LogP contribution in [0.3, 0.4) is 0 Å². The number of nitriles is 1. The summed E-state index contributed by atoms with van der Waals surface area (Å²) in [6, 6.07) is 21.6. The minimum absolute atomic E-state index is 0.0824. The van der Waals surface area contributed by atoms with Gasteiger partial charge in [0.25, 0.3) is 5.91 Å². The topological polar surface area (TPSA) is 52.9 Å². The molecule has 3 aromatic rings. The van der Waals surface area contributed by atoms with Crippen LogP contribution in [0.1, 0.15) is 16.7 Å². The second kappa shape index (κ2) is 7.02. The van der Waals surface area contributed by atoms with E-state index in [2.05, 4.69) is 5.32 Å². The molecule has 3 aromatic carbocycles. The number of carbonyl (C=O) groups excluding carboxylic acids is 1. The number of fused-ring (bicyclic) bond motifs is 1. The fraction of sp³-hybridized carbons (Fsp3) is 0.0909. The van der Waals surface area contributed by atoms with Gasteiger partial charge in [-0.1, -0.05) is 60.7 Å². The predicted octanol–water partition coefficient (Wildman–Crippen LogP) is 5.00. The number of hydrogen-bond donors (Lipinski definition) is 1. The third kappa shape index (κ3) is 3.44. The van der Waals surface area contributed by atoms with Crippen molar-refractivity contribution in [2.45, 2.75) is 13.8 Å². The normalized spacial score (nSPS) is 11.2. The Kier molecular flexibility index (Phi) is 4.63. The maximum absolute atomic E-state index is 12.6. The number of nitrogens with one attached hydrogen (secondary N) is 1. The molecule has 25 heavy (non-hydrogen) atoms. The molecule has 0 fully saturated rings. The van der Waals surface area contributed by atoms with E-state index in [1.54, 1.807) is 6.08 Å². The van der Waals surface area contributed by atoms with Crippen molar-refractivity contribution in [1.82, 2.24) is 0 Å². The highest BCUT2D eigenvalue weighted by Crippen LogP contribution is 2.23. The van der Waals surface area contributed by atoms with Crippen LogP contribution < -0.4 is 5.32 Å². The fourth-order valence-corrected chi connectivity index (χ4v) is 2.87. The Morgan fingerprint density at radius 2 is 1.60 bits per heavy atom. The molecule has 0 saturated heterocycles. The van der Waals surface area contributed by atoms with Crippen LogP contribution in [0.4, 0.5) is 5.69 Å². The molecule has 0 unspecified atom stereocenters. The standard InChI is InChI=1S/C22H18N2O/c1-15-7-5-8-16(2)21(15)24-22(25)19(14-23)13-18-11-6-10-17-9-3-4-12-20(17)18/h3-13H,1-2H3,(H,24,25)/b19-13-. The summed E-state index contributed by atoms with van der Waals surface area (Å²) < 4.78 is 0. The first-order chi connectivity index (χ1) is 12.1. The molecule has 0 saturated carbocycles. The Labute approximate surface area is 147 Å². The average molecular weight is 326 g/mol. The minimum atomic E-state index is -0.396. The molecule has 0 aliphatic heterocycles. The number of aryl methyl sites for hydroxylation is 2. The number of hydrogen-bond acceptors (Lipinski definition) is 2. The SMILES string of the molecule is Cc1cccc(C)c1NC(=O)/C(C#N)=C\c1cccc2ccccc12. The molecular weight excluding hydrogens is 308 g/mol. The maximum Gasteiger partial charge on any atom is 0.266 e. The fourth-order valence-electron chi connectivity index (χ4n) is 2.87. The van der Waals surface area contributed by atoms with Crippen molar-refractivity contribution >= 4 is 28.4 Å². The van der Waals surface area contributed by atoms with E-state index in [4.69, 9.17) is 0 Å². The smallest absolute Gasteiger partial charge is 0.266 e. The van der Waals surface area contributed by atoms with Crippen LogP contribution in [0.25, 0.3) is 16.8 Å². The third-order valence-electron chi connectivity index (χ3n) is 4.21. The van der Waals surface area contributed by atoms with E-state index in [1.165, 1.54) is 0 Å². The highest BCUT2D eigenvalue weighted by atomic mass is 16.1. The van der Waals surface area contributed by atoms with Crippen LogP contribution in [0.5, 0.6) is 0 Å². The van der Waals surface area contributed by atoms with Gasteiger partial charge in [0.15, 0.2) is 0 Å². The highest BCUT2D eigenvalue weighted by molar-refractivity contribution is 6.11. The molecule has 3 heteroatoms. The largest absolute Gasteiger partial charge is 0.321 e. The minimum Gasteiger partial charge on any atom is -0.321 e. The van der Waals surface area contributed by atoms with Crippen LogP contribution in [0, 0.1) is 25.2 Å². The van der Waals surface area contributed by atoms with Crippen LogP contribution in [-0.2, 0) is 4.79 Å². The zero-order chi connectivity index (χ0) is 17.8. The molecule has 3 rings (SSSR count). The molecule has 0 radical (unpaired) electrons. The van der Waals surface area contributed by atoms with Gasteiger partial charge in [0.05, 0.1) is 0 Å². The van der Waals surface area contributed by atoms with Crippen molar-refractivity contribution < 1.29 is 4.79 Å². The molecule has 0 heterocycles. The van der Waals surface area contributed by atoms with Gasteiger partial charge >= 0.3 is 0 Å². The van der Waals surface area contributed by atoms with Crippen LogP contribution in [0.2, 0.25) is 0 Å². The average Bonchev–Trinajstić information content (AvgIpc) is 2.62. The molecule has 0 aromatic heterocycles. The molecule has 0 aliphatic rings. The lowest BCUT2D eigenvalue weighted by atomic mass is 10.0. The van der Waals surface area contributed by atoms with Gasteiger partial charge in [-0.3, -0.25) is 4.79 Å². The Hall–Kier alpha value is -3.38. The van der Waals surface area contributed by atoms with Crippen molar-refractivity contribution in [3.63, 3.8) is 0 Å². The van der Waals surface area contributed by atoms with E-state index in [-0.39, 0.29) is 5.57 Å². The quantitative estimate of drug-likeness (QED) is 0.544. The molecule has 1 N–H and O–H groups in total. The number of nitrogens with zero attached hydrogens (tertiary/aromatic N) is 1. The van der Waals surface area contributed by atoms with E-state index in [0.29, 0.717) is 0 Å². The maximum atomic E-state index is 12.6. The Balaban J connectivity index is 1.98. The van der Waals surface area contributed by atoms with E-state index >= 15 is 0 Å². The van der Waals surface area contributed by atoms with Gasteiger partial charge < -0.3 is 5.32 Å². The summed E-state index contributed by atoms with van der Waals surface area (Å²) >= 11 is 0. The first kappa shape index (κ1) is 16.5. The highest BCUT2D eigenvalue weighted by Gasteiger charge is 2.13. The lowest BCUT2D eigenvalue weighted by molar-refractivity contribution is -0.112. The second-order valence-corrected chi connectivity index (χ2v) is 5.96. The van der Waals surface area contributed by atoms with Crippen molar-refractivity contribution in [3.05, 3.63) is 82.9 Å². The molecule has 0 bridgehead atoms. The molecular formula is C22H18N2O. The van der Waals surface area contributed by atoms with Crippen LogP contribution in [0.15, 0.2) is 66.2 Å². The van der Waals surface area contributed by atoms with Crippen molar-refractivity contribution in [1.29, 1.82) is 5.26 Å². The predicted molar refractivity (Wildman–Crippen MR) is 102 cm³/mol. The van der Waals surface area contributed by atoms with Gasteiger partial charge in [-0.2, -0.15) is 5.26 Å². The summed E-state index contributed by atoms with van der Waals surface area (Å²) in [5, 5.41) is 14.4. The Morgan fingerprint density at radius 3 is 2.32 bits per heavy atom. The van der Waals surface area contributed by atoms with E-state index in [1.807, 2.05) is 80.6 Å². The van der Waals surface area contributed by atoms with E-state index in [9.17, 15) is 10.1 Å². The summed E-state index contributed by atoms with van der Waals surface area (Å²) in [6.45, 7) is 3.87. The lowest BCUT2D eigenvalue weighted by Crippen LogP contribution is -2.15. The summed E-state index contributed by atoms with van der Waals surface area (Å²) in [5.74, 6) is -0.396. The van der Waals surface area contributed by atoms with Gasteiger partial charge in [0.1, 0.15) is 11.6 Å². The zero-order valence-corrected chi connectivity index (χ0v) is 14.2. The zero-order valence-electron chi connectivity index (χ0n) is 14.2. The summed E-state index contributed by atoms with van der Waals surface area (Å²) in [4.78, 5) is 12.6. The number of benzene rings is 3. The third-order valence-corrected chi connectivity index (χ3v) is 4.21. The number of para-hydroxylation sites is 1. The van der Waals surface area contributed by atoms with Gasteiger partial charge in [0, 0.05) is 5.69 Å². The molecule has 0 spiro atoms. The van der Waals surface area contributed by atoms with Crippen molar-refractivity contribution in [2.24, 2.45) is 0 Å². The number of anilines is 1. The number of carbonyl (C=O) groups is 1. The summed E-state index contributed by atoms with van der Waals surface area (Å²) in [7, 11) is 0. The van der Waals surface area contributed by atoms with Gasteiger partial charge in [0.2, 0.25) is 0 Å². The van der Waals surface area contributed by atoms with Gasteiger partial charge in [-0.25, -0.2) is 0 Å². The van der Waals surface area contributed by atoms with E-state index < -0.39 is 5.91 Å². The molecule has 1 amide bonds. The number of amides is 1. The summed E-state index contributed by atoms with van der Waals surface area (Å²) in [5.41, 5.74) is 3.63. The lowest BCUT2D eigenvalue weighted by Gasteiger charge is -2.11. The molecule has 0 atom stereocenters. The monoisotopic (exact) mass is 326 g/mol. The van der Waals surface area contributed by atoms with Crippen LogP contribution >= 0.6 is 0 Å². The molecule has 0 aliphatic carbocycles. The van der Waals surface area contributed by atoms with Crippen LogP contribution in [-0.4, -0.2) is 5.91 Å². The van der Waals surface area contributed by atoms with E-state index in [0.717, 1.165) is 33.2 Å². The molecule has 122 valence electrons. The second-order valence-electron chi connectivity index (χ2n) is 5.96.